The summed E-state index contributed by atoms with van der Waals surface area (Å²) in [5.74, 6) is -1.56. The van der Waals surface area contributed by atoms with Crippen molar-refractivity contribution in [1.82, 2.24) is 14.9 Å². The number of amides is 1. The van der Waals surface area contributed by atoms with Gasteiger partial charge in [-0.15, -0.1) is 0 Å². The molecule has 2 aromatic heterocycles. The number of hydrogen-bond donors (Lipinski definition) is 3. The largest absolute Gasteiger partial charge is 0.481 e. The van der Waals surface area contributed by atoms with Crippen molar-refractivity contribution in [3.8, 4) is 22.3 Å². The third kappa shape index (κ3) is 5.39. The fourth-order valence-electron chi connectivity index (χ4n) is 3.86. The van der Waals surface area contributed by atoms with E-state index in [1.165, 1.54) is 0 Å². The number of carbonyl (C=O) groups excluding carboxylic acids is 1. The predicted octanol–water partition coefficient (Wildman–Crippen LogP) is 4.08. The minimum atomic E-state index is -1.09. The first-order valence-corrected chi connectivity index (χ1v) is 10.9. The average molecular weight is 456 g/mol. The molecular formula is C27H25N3O4. The number of hydrogen-bond acceptors (Lipinski definition) is 4. The van der Waals surface area contributed by atoms with Crippen molar-refractivity contribution in [2.24, 2.45) is 0 Å². The number of nitrogens with zero attached hydrogens (tertiary/aromatic N) is 2. The first kappa shape index (κ1) is 22.9. The second-order valence-corrected chi connectivity index (χ2v) is 7.93. The molecule has 0 unspecified atom stereocenters. The topological polar surface area (TPSA) is 104 Å². The van der Waals surface area contributed by atoms with Crippen LogP contribution in [0.3, 0.4) is 0 Å². The summed E-state index contributed by atoms with van der Waals surface area (Å²) in [6, 6.07) is 21.2. The first-order chi connectivity index (χ1) is 16.5. The SMILES string of the molecule is O=C(O)C[C@H](C(=O)N[C@H](CO)c1ccccc1)n1ccc(-c2ccc(-c3ccncc3)cc2)c1. The molecule has 1 amide bonds. The number of nitrogens with one attached hydrogen (secondary N) is 1. The zero-order valence-electron chi connectivity index (χ0n) is 18.4. The molecule has 0 bridgehead atoms. The molecule has 4 rings (SSSR count). The number of aliphatic hydroxyl groups excluding tert-OH is 1. The predicted molar refractivity (Wildman–Crippen MR) is 129 cm³/mol. The lowest BCUT2D eigenvalue weighted by Gasteiger charge is -2.22. The Morgan fingerprint density at radius 3 is 2.09 bits per heavy atom. The lowest BCUT2D eigenvalue weighted by molar-refractivity contribution is -0.140. The molecule has 0 aliphatic carbocycles. The third-order valence-electron chi connectivity index (χ3n) is 5.68. The van der Waals surface area contributed by atoms with Gasteiger partial charge in [0.2, 0.25) is 5.91 Å². The number of carbonyl (C=O) groups is 2. The highest BCUT2D eigenvalue weighted by Gasteiger charge is 2.26. The van der Waals surface area contributed by atoms with E-state index in [-0.39, 0.29) is 13.0 Å². The van der Waals surface area contributed by atoms with Crippen molar-refractivity contribution in [3.63, 3.8) is 0 Å². The standard InChI is InChI=1S/C27H25N3O4/c31-18-24(22-4-2-1-3-5-22)29-27(34)25(16-26(32)33)30-15-12-23(17-30)20-8-6-19(7-9-20)21-10-13-28-14-11-21/h1-15,17,24-25,31H,16,18H2,(H,29,34)(H,32,33)/t24-,25-/m1/s1. The van der Waals surface area contributed by atoms with Crippen LogP contribution < -0.4 is 5.32 Å². The molecule has 7 nitrogen and oxygen atoms in total. The number of carboxylic acids is 1. The maximum absolute atomic E-state index is 13.1. The van der Waals surface area contributed by atoms with Gasteiger partial charge in [0.15, 0.2) is 0 Å². The molecule has 172 valence electrons. The molecule has 0 spiro atoms. The van der Waals surface area contributed by atoms with E-state index in [1.807, 2.05) is 60.7 Å². The summed E-state index contributed by atoms with van der Waals surface area (Å²) in [5.41, 5.74) is 4.68. The lowest BCUT2D eigenvalue weighted by atomic mass is 10.0. The highest BCUT2D eigenvalue weighted by atomic mass is 16.4. The Bertz CT molecular complexity index is 1240. The number of aliphatic carboxylic acids is 1. The van der Waals surface area contributed by atoms with Gasteiger partial charge in [-0.2, -0.15) is 0 Å². The van der Waals surface area contributed by atoms with Crippen LogP contribution in [0.1, 0.15) is 24.1 Å². The van der Waals surface area contributed by atoms with E-state index in [0.29, 0.717) is 0 Å². The van der Waals surface area contributed by atoms with Crippen LogP contribution in [-0.4, -0.2) is 38.2 Å². The summed E-state index contributed by atoms with van der Waals surface area (Å²) in [5, 5.41) is 22.0. The van der Waals surface area contributed by atoms with Crippen molar-refractivity contribution in [3.05, 3.63) is 103 Å². The maximum atomic E-state index is 13.1. The molecule has 2 aromatic carbocycles. The van der Waals surface area contributed by atoms with E-state index in [2.05, 4.69) is 10.3 Å². The van der Waals surface area contributed by atoms with Gasteiger partial charge < -0.3 is 20.1 Å². The zero-order valence-corrected chi connectivity index (χ0v) is 18.4. The molecule has 7 heteroatoms. The van der Waals surface area contributed by atoms with E-state index in [0.717, 1.165) is 27.8 Å². The van der Waals surface area contributed by atoms with E-state index in [4.69, 9.17) is 0 Å². The number of aromatic nitrogens is 2. The molecule has 2 atom stereocenters. The molecule has 0 aliphatic rings. The van der Waals surface area contributed by atoms with Gasteiger partial charge in [-0.05, 0) is 46.0 Å². The average Bonchev–Trinajstić information content (AvgIpc) is 3.37. The fourth-order valence-corrected chi connectivity index (χ4v) is 3.86. The number of aliphatic hydroxyl groups is 1. The molecule has 34 heavy (non-hydrogen) atoms. The second-order valence-electron chi connectivity index (χ2n) is 7.93. The van der Waals surface area contributed by atoms with Gasteiger partial charge in [0.05, 0.1) is 19.1 Å². The summed E-state index contributed by atoms with van der Waals surface area (Å²) in [6.45, 7) is -0.295. The Labute approximate surface area is 197 Å². The van der Waals surface area contributed by atoms with E-state index >= 15 is 0 Å². The molecule has 0 aliphatic heterocycles. The first-order valence-electron chi connectivity index (χ1n) is 10.9. The van der Waals surface area contributed by atoms with Gasteiger partial charge in [-0.25, -0.2) is 0 Å². The lowest BCUT2D eigenvalue weighted by Crippen LogP contribution is -2.37. The van der Waals surface area contributed by atoms with Crippen molar-refractivity contribution < 1.29 is 19.8 Å². The molecule has 0 saturated carbocycles. The fraction of sp³-hybridized carbons (Fsp3) is 0.148. The van der Waals surface area contributed by atoms with Crippen LogP contribution in [0.25, 0.3) is 22.3 Å². The van der Waals surface area contributed by atoms with Gasteiger partial charge >= 0.3 is 5.97 Å². The molecule has 4 aromatic rings. The minimum absolute atomic E-state index is 0.295. The van der Waals surface area contributed by atoms with Crippen molar-refractivity contribution in [2.75, 3.05) is 6.61 Å². The molecule has 0 saturated heterocycles. The zero-order chi connectivity index (χ0) is 23.9. The molecule has 0 radical (unpaired) electrons. The summed E-state index contributed by atoms with van der Waals surface area (Å²) in [7, 11) is 0. The van der Waals surface area contributed by atoms with E-state index in [1.54, 1.807) is 41.5 Å². The van der Waals surface area contributed by atoms with Gasteiger partial charge in [-0.3, -0.25) is 14.6 Å². The third-order valence-corrected chi connectivity index (χ3v) is 5.68. The van der Waals surface area contributed by atoms with Crippen LogP contribution in [0.15, 0.2) is 97.6 Å². The molecule has 2 heterocycles. The molecule has 3 N–H and O–H groups in total. The van der Waals surface area contributed by atoms with Crippen LogP contribution >= 0.6 is 0 Å². The Morgan fingerprint density at radius 1 is 0.853 bits per heavy atom. The number of rotatable bonds is 9. The number of pyridine rings is 1. The quantitative estimate of drug-likeness (QED) is 0.353. The summed E-state index contributed by atoms with van der Waals surface area (Å²) in [4.78, 5) is 28.6. The number of carboxylic acid groups (broad SMARTS) is 1. The number of benzene rings is 2. The van der Waals surface area contributed by atoms with Crippen LogP contribution in [-0.2, 0) is 9.59 Å². The Hall–Kier alpha value is -4.23. The second kappa shape index (κ2) is 10.6. The van der Waals surface area contributed by atoms with Crippen LogP contribution in [0.4, 0.5) is 0 Å². The van der Waals surface area contributed by atoms with Gasteiger partial charge in [0, 0.05) is 24.8 Å². The van der Waals surface area contributed by atoms with Crippen molar-refractivity contribution in [2.45, 2.75) is 18.5 Å². The van der Waals surface area contributed by atoms with Crippen LogP contribution in [0.2, 0.25) is 0 Å². The van der Waals surface area contributed by atoms with Gasteiger partial charge in [0.25, 0.3) is 0 Å². The van der Waals surface area contributed by atoms with Crippen LogP contribution in [0.5, 0.6) is 0 Å². The van der Waals surface area contributed by atoms with E-state index < -0.39 is 24.0 Å². The maximum Gasteiger partial charge on any atom is 0.306 e. The molecular weight excluding hydrogens is 430 g/mol. The van der Waals surface area contributed by atoms with E-state index in [9.17, 15) is 19.8 Å². The molecule has 0 fully saturated rings. The van der Waals surface area contributed by atoms with Crippen molar-refractivity contribution in [1.29, 1.82) is 0 Å². The van der Waals surface area contributed by atoms with Gasteiger partial charge in [-0.1, -0.05) is 54.6 Å². The Kier molecular flexibility index (Phi) is 7.15. The Morgan fingerprint density at radius 2 is 1.47 bits per heavy atom. The van der Waals surface area contributed by atoms with Gasteiger partial charge in [0.1, 0.15) is 6.04 Å². The normalized spacial score (nSPS) is 12.6. The highest BCUT2D eigenvalue weighted by molar-refractivity contribution is 5.85. The van der Waals surface area contributed by atoms with Crippen LogP contribution in [0, 0.1) is 0 Å². The summed E-state index contributed by atoms with van der Waals surface area (Å²) in [6.07, 6.45) is 6.58. The highest BCUT2D eigenvalue weighted by Crippen LogP contribution is 2.27. The monoisotopic (exact) mass is 455 g/mol. The minimum Gasteiger partial charge on any atom is -0.481 e. The Balaban J connectivity index is 1.54. The smallest absolute Gasteiger partial charge is 0.306 e. The summed E-state index contributed by atoms with van der Waals surface area (Å²) < 4.78 is 1.61. The summed E-state index contributed by atoms with van der Waals surface area (Å²) >= 11 is 0. The van der Waals surface area contributed by atoms with Crippen molar-refractivity contribution >= 4 is 11.9 Å².